The molecule has 4 aromatic heterocycles. The Balaban J connectivity index is 1.09. The van der Waals surface area contributed by atoms with Gasteiger partial charge in [0, 0.05) is 73.3 Å². The summed E-state index contributed by atoms with van der Waals surface area (Å²) in [6, 6.07) is 15.2. The Labute approximate surface area is 254 Å². The smallest absolute Gasteiger partial charge is 0.261 e. The van der Waals surface area contributed by atoms with Gasteiger partial charge in [-0.15, -0.1) is 11.3 Å². The Hall–Kier alpha value is -4.02. The molecule has 9 nitrogen and oxygen atoms in total. The fourth-order valence-electron chi connectivity index (χ4n) is 6.67. The number of nitrogens with one attached hydrogen (secondary N) is 1. The van der Waals surface area contributed by atoms with Crippen molar-refractivity contribution in [3.05, 3.63) is 70.1 Å². The molecule has 1 aliphatic carbocycles. The van der Waals surface area contributed by atoms with Crippen molar-refractivity contribution >= 4 is 39.7 Å². The van der Waals surface area contributed by atoms with Crippen LogP contribution in [0.25, 0.3) is 33.0 Å². The Bertz CT molecular complexity index is 1870. The second kappa shape index (κ2) is 10.6. The highest BCUT2D eigenvalue weighted by Gasteiger charge is 2.30. The van der Waals surface area contributed by atoms with Crippen LogP contribution in [-0.2, 0) is 13.6 Å². The van der Waals surface area contributed by atoms with Crippen LogP contribution in [0.1, 0.15) is 30.6 Å². The lowest BCUT2D eigenvalue weighted by atomic mass is 10.1. The SMILES string of the molecule is Cc1sc(-c2cccn2C)nc1-c1cc2cnc(Nc3ccc(N4CCN5CCCC5C4)cc3)nc2n(CC2CC2)c1=O. The molecule has 1 N–H and O–H groups in total. The summed E-state index contributed by atoms with van der Waals surface area (Å²) in [4.78, 5) is 34.7. The summed E-state index contributed by atoms with van der Waals surface area (Å²) in [5.41, 5.74) is 5.22. The third kappa shape index (κ3) is 5.02. The summed E-state index contributed by atoms with van der Waals surface area (Å²) in [6.45, 7) is 7.28. The van der Waals surface area contributed by atoms with E-state index in [0.29, 0.717) is 35.7 Å². The first-order valence-electron chi connectivity index (χ1n) is 15.4. The number of hydrogen-bond acceptors (Lipinski definition) is 8. The normalized spacial score (nSPS) is 18.8. The summed E-state index contributed by atoms with van der Waals surface area (Å²) in [5, 5.41) is 5.14. The Morgan fingerprint density at radius 1 is 1.05 bits per heavy atom. The van der Waals surface area contributed by atoms with Crippen LogP contribution in [-0.4, -0.2) is 61.2 Å². The van der Waals surface area contributed by atoms with Gasteiger partial charge in [-0.1, -0.05) is 0 Å². The van der Waals surface area contributed by atoms with Crippen molar-refractivity contribution in [2.24, 2.45) is 13.0 Å². The van der Waals surface area contributed by atoms with Crippen LogP contribution < -0.4 is 15.8 Å². The van der Waals surface area contributed by atoms with Crippen LogP contribution in [0, 0.1) is 12.8 Å². The van der Waals surface area contributed by atoms with Gasteiger partial charge in [0.05, 0.1) is 17.0 Å². The Morgan fingerprint density at radius 2 is 1.91 bits per heavy atom. The maximum atomic E-state index is 14.0. The molecule has 2 aliphatic heterocycles. The molecule has 0 amide bonds. The van der Waals surface area contributed by atoms with Crippen molar-refractivity contribution in [1.82, 2.24) is 29.0 Å². The van der Waals surface area contributed by atoms with Gasteiger partial charge >= 0.3 is 0 Å². The van der Waals surface area contributed by atoms with Crippen molar-refractivity contribution in [1.29, 1.82) is 0 Å². The minimum Gasteiger partial charge on any atom is -0.369 e. The first kappa shape index (κ1) is 26.6. The second-order valence-electron chi connectivity index (χ2n) is 12.3. The zero-order valence-corrected chi connectivity index (χ0v) is 25.5. The number of aryl methyl sites for hydroxylation is 2. The topological polar surface area (TPSA) is 84.1 Å². The van der Waals surface area contributed by atoms with E-state index in [1.807, 2.05) is 43.1 Å². The fraction of sp³-hybridized carbons (Fsp3) is 0.394. The summed E-state index contributed by atoms with van der Waals surface area (Å²) in [6.07, 6.45) is 8.75. The number of hydrogen-bond donors (Lipinski definition) is 1. The van der Waals surface area contributed by atoms with Gasteiger partial charge in [-0.2, -0.15) is 4.98 Å². The van der Waals surface area contributed by atoms with Crippen LogP contribution in [0.2, 0.25) is 0 Å². The molecule has 8 rings (SSSR count). The number of benzene rings is 1. The zero-order valence-electron chi connectivity index (χ0n) is 24.7. The maximum absolute atomic E-state index is 14.0. The zero-order chi connectivity index (χ0) is 29.1. The summed E-state index contributed by atoms with van der Waals surface area (Å²) < 4.78 is 3.90. The molecule has 3 fully saturated rings. The van der Waals surface area contributed by atoms with E-state index in [2.05, 4.69) is 55.0 Å². The first-order valence-corrected chi connectivity index (χ1v) is 16.2. The van der Waals surface area contributed by atoms with Gasteiger partial charge in [0.15, 0.2) is 0 Å². The Kier molecular flexibility index (Phi) is 6.56. The van der Waals surface area contributed by atoms with Crippen LogP contribution >= 0.6 is 11.3 Å². The molecule has 1 unspecified atom stereocenters. The molecule has 43 heavy (non-hydrogen) atoms. The van der Waals surface area contributed by atoms with E-state index in [-0.39, 0.29) is 5.56 Å². The minimum atomic E-state index is -0.0393. The lowest BCUT2D eigenvalue weighted by molar-refractivity contribution is 0.231. The standard InChI is InChI=1S/C33H36N8OS/c1-21-29(36-31(43-21)28-6-4-13-38(28)2)27-17-23-18-34-33(37-30(23)41(32(27)42)19-22-7-8-22)35-24-9-11-25(12-10-24)40-16-15-39-14-3-5-26(39)20-40/h4,6,9-13,17-18,22,26H,3,5,7-8,14-16,19-20H2,1-2H3,(H,34,35,37). The third-order valence-electron chi connectivity index (χ3n) is 9.26. The molecule has 1 aromatic carbocycles. The lowest BCUT2D eigenvalue weighted by Crippen LogP contribution is -2.50. The quantitative estimate of drug-likeness (QED) is 0.261. The molecule has 6 heterocycles. The summed E-state index contributed by atoms with van der Waals surface area (Å²) >= 11 is 1.62. The number of fused-ring (bicyclic) bond motifs is 2. The number of piperazine rings is 1. The molecular formula is C33H36N8OS. The van der Waals surface area contributed by atoms with Gasteiger partial charge in [0.25, 0.3) is 5.56 Å². The number of rotatable bonds is 7. The van der Waals surface area contributed by atoms with Crippen LogP contribution in [0.4, 0.5) is 17.3 Å². The highest BCUT2D eigenvalue weighted by Crippen LogP contribution is 2.35. The number of aromatic nitrogens is 5. The molecule has 0 radical (unpaired) electrons. The largest absolute Gasteiger partial charge is 0.369 e. The number of anilines is 3. The summed E-state index contributed by atoms with van der Waals surface area (Å²) in [7, 11) is 2.01. The van der Waals surface area contributed by atoms with Crippen LogP contribution in [0.5, 0.6) is 0 Å². The van der Waals surface area contributed by atoms with E-state index in [1.165, 1.54) is 25.1 Å². The predicted octanol–water partition coefficient (Wildman–Crippen LogP) is 5.67. The van der Waals surface area contributed by atoms with Crippen molar-refractivity contribution in [3.8, 4) is 22.0 Å². The van der Waals surface area contributed by atoms with E-state index in [1.54, 1.807) is 11.3 Å². The van der Waals surface area contributed by atoms with E-state index in [0.717, 1.165) is 64.8 Å². The number of thiazole rings is 1. The van der Waals surface area contributed by atoms with Gasteiger partial charge < -0.3 is 14.8 Å². The van der Waals surface area contributed by atoms with Gasteiger partial charge in [0.1, 0.15) is 10.7 Å². The molecule has 3 aliphatic rings. The average molecular weight is 593 g/mol. The van der Waals surface area contributed by atoms with Gasteiger partial charge in [-0.05, 0) is 87.5 Å². The Morgan fingerprint density at radius 3 is 2.70 bits per heavy atom. The van der Waals surface area contributed by atoms with E-state index in [4.69, 9.17) is 9.97 Å². The molecule has 2 saturated heterocycles. The molecule has 220 valence electrons. The molecule has 1 atom stereocenters. The van der Waals surface area contributed by atoms with Gasteiger partial charge in [-0.25, -0.2) is 9.97 Å². The lowest BCUT2D eigenvalue weighted by Gasteiger charge is -2.38. The fourth-order valence-corrected chi connectivity index (χ4v) is 7.66. The average Bonchev–Trinajstić information content (AvgIpc) is 3.34. The van der Waals surface area contributed by atoms with Crippen LogP contribution in [0.3, 0.4) is 0 Å². The van der Waals surface area contributed by atoms with Gasteiger partial charge in [0.2, 0.25) is 5.95 Å². The molecule has 5 aromatic rings. The van der Waals surface area contributed by atoms with Crippen molar-refractivity contribution in [2.75, 3.05) is 36.4 Å². The molecule has 10 heteroatoms. The number of nitrogens with zero attached hydrogens (tertiary/aromatic N) is 7. The van der Waals surface area contributed by atoms with Crippen LogP contribution in [0.15, 0.2) is 59.7 Å². The molecule has 1 saturated carbocycles. The van der Waals surface area contributed by atoms with Gasteiger partial charge in [-0.3, -0.25) is 14.3 Å². The monoisotopic (exact) mass is 592 g/mol. The maximum Gasteiger partial charge on any atom is 0.261 e. The van der Waals surface area contributed by atoms with E-state index in [9.17, 15) is 4.79 Å². The van der Waals surface area contributed by atoms with Crippen molar-refractivity contribution < 1.29 is 0 Å². The van der Waals surface area contributed by atoms with Crippen molar-refractivity contribution in [3.63, 3.8) is 0 Å². The van der Waals surface area contributed by atoms with Crippen molar-refractivity contribution in [2.45, 2.75) is 45.2 Å². The third-order valence-corrected chi connectivity index (χ3v) is 10.2. The highest BCUT2D eigenvalue weighted by atomic mass is 32.1. The highest BCUT2D eigenvalue weighted by molar-refractivity contribution is 7.15. The molecular weight excluding hydrogens is 556 g/mol. The predicted molar refractivity (Wildman–Crippen MR) is 173 cm³/mol. The second-order valence-corrected chi connectivity index (χ2v) is 13.5. The minimum absolute atomic E-state index is 0.0393. The first-order chi connectivity index (χ1) is 21.0. The molecule has 0 bridgehead atoms. The number of pyridine rings is 1. The molecule has 0 spiro atoms. The summed E-state index contributed by atoms with van der Waals surface area (Å²) in [5.74, 6) is 1.00. The van der Waals surface area contributed by atoms with E-state index < -0.39 is 0 Å². The van der Waals surface area contributed by atoms with E-state index >= 15 is 0 Å².